The van der Waals surface area contributed by atoms with Crippen molar-refractivity contribution < 1.29 is 0 Å². The van der Waals surface area contributed by atoms with E-state index < -0.39 is 0 Å². The average Bonchev–Trinajstić information content (AvgIpc) is 3.43. The zero-order chi connectivity index (χ0) is 21.1. The largest absolute Gasteiger partial charge is 0.268 e. The Kier molecular flexibility index (Phi) is 6.41. The van der Waals surface area contributed by atoms with E-state index in [1.165, 1.54) is 51.5 Å². The van der Waals surface area contributed by atoms with E-state index in [-0.39, 0.29) is 0 Å². The van der Waals surface area contributed by atoms with Gasteiger partial charge in [0.15, 0.2) is 0 Å². The molecule has 0 bridgehead atoms. The van der Waals surface area contributed by atoms with Crippen LogP contribution in [0.1, 0.15) is 69.2 Å². The molecule has 2 heterocycles. The molecule has 4 aromatic rings. The zero-order valence-corrected chi connectivity index (χ0v) is 18.9. The first kappa shape index (κ1) is 21.1. The van der Waals surface area contributed by atoms with Gasteiger partial charge in [0.2, 0.25) is 0 Å². The van der Waals surface area contributed by atoms with Gasteiger partial charge in [-0.2, -0.15) is 10.2 Å². The van der Waals surface area contributed by atoms with E-state index in [0.29, 0.717) is 5.92 Å². The van der Waals surface area contributed by atoms with Gasteiger partial charge in [0.1, 0.15) is 0 Å². The maximum Gasteiger partial charge on any atom is 0.0734 e. The fourth-order valence-electron chi connectivity index (χ4n) is 3.61. The van der Waals surface area contributed by atoms with Crippen molar-refractivity contribution in [2.45, 2.75) is 59.3 Å². The summed E-state index contributed by atoms with van der Waals surface area (Å²) in [5.41, 5.74) is 6.47. The Morgan fingerprint density at radius 2 is 1.62 bits per heavy atom. The molecule has 0 unspecified atom stereocenters. The minimum absolute atomic E-state index is 0.588. The van der Waals surface area contributed by atoms with Crippen molar-refractivity contribution in [2.75, 3.05) is 0 Å². The van der Waals surface area contributed by atoms with Crippen LogP contribution in [0.25, 0.3) is 21.8 Å². The van der Waals surface area contributed by atoms with Gasteiger partial charge in [-0.3, -0.25) is 9.36 Å². The molecule has 29 heavy (non-hydrogen) atoms. The van der Waals surface area contributed by atoms with Crippen LogP contribution in [0.3, 0.4) is 0 Å². The highest BCUT2D eigenvalue weighted by atomic mass is 15.3. The predicted molar refractivity (Wildman–Crippen MR) is 124 cm³/mol. The van der Waals surface area contributed by atoms with E-state index in [0.717, 1.165) is 5.92 Å². The lowest BCUT2D eigenvalue weighted by atomic mass is 10.0. The van der Waals surface area contributed by atoms with E-state index in [2.05, 4.69) is 67.4 Å². The Morgan fingerprint density at radius 1 is 0.931 bits per heavy atom. The topological polar surface area (TPSA) is 35.6 Å². The smallest absolute Gasteiger partial charge is 0.0734 e. The maximum absolute atomic E-state index is 4.61. The van der Waals surface area contributed by atoms with Gasteiger partial charge in [0, 0.05) is 30.8 Å². The SMILES string of the molecule is CC.CC(C)c1ccc2c(cnn2C)c1.Cc1ccc2c(c1)c(C1CC1)nn2C. The standard InChI is InChI=1S/C12H14N2.C11H14N2.C2H6/c1-8-3-6-11-10(7-8)12(9-4-5-9)13-14(11)2;1-8(2)9-4-5-11-10(6-9)7-12-13(11)3;1-2/h3,6-7,9H,4-5H2,1-2H3;4-8H,1-3H3;1-2H3. The van der Waals surface area contributed by atoms with Crippen molar-refractivity contribution in [3.8, 4) is 0 Å². The third kappa shape index (κ3) is 4.52. The van der Waals surface area contributed by atoms with Crippen LogP contribution in [0.2, 0.25) is 0 Å². The molecule has 0 aliphatic heterocycles. The second kappa shape index (κ2) is 8.81. The molecule has 0 amide bonds. The second-order valence-electron chi connectivity index (χ2n) is 8.04. The van der Waals surface area contributed by atoms with Gasteiger partial charge in [0.05, 0.1) is 22.9 Å². The Morgan fingerprint density at radius 3 is 2.28 bits per heavy atom. The van der Waals surface area contributed by atoms with Gasteiger partial charge in [-0.15, -0.1) is 0 Å². The number of hydrogen-bond acceptors (Lipinski definition) is 2. The summed E-state index contributed by atoms with van der Waals surface area (Å²) >= 11 is 0. The van der Waals surface area contributed by atoms with Gasteiger partial charge in [-0.05, 0) is 55.5 Å². The van der Waals surface area contributed by atoms with Crippen molar-refractivity contribution in [3.05, 3.63) is 59.4 Å². The first-order valence-corrected chi connectivity index (χ1v) is 10.8. The van der Waals surface area contributed by atoms with E-state index in [9.17, 15) is 0 Å². The van der Waals surface area contributed by atoms with Crippen LogP contribution < -0.4 is 0 Å². The van der Waals surface area contributed by atoms with Crippen molar-refractivity contribution >= 4 is 21.8 Å². The molecule has 1 fully saturated rings. The van der Waals surface area contributed by atoms with E-state index in [1.54, 1.807) is 0 Å². The predicted octanol–water partition coefficient (Wildman–Crippen LogP) is 6.48. The summed E-state index contributed by atoms with van der Waals surface area (Å²) < 4.78 is 3.90. The Hall–Kier alpha value is -2.62. The number of benzene rings is 2. The molecule has 0 N–H and O–H groups in total. The first-order valence-electron chi connectivity index (χ1n) is 10.8. The van der Waals surface area contributed by atoms with E-state index in [1.807, 2.05) is 43.5 Å². The minimum atomic E-state index is 0.588. The molecule has 154 valence electrons. The number of hydrogen-bond donors (Lipinski definition) is 0. The summed E-state index contributed by atoms with van der Waals surface area (Å²) in [6.07, 6.45) is 4.56. The second-order valence-corrected chi connectivity index (χ2v) is 8.04. The van der Waals surface area contributed by atoms with Crippen LogP contribution >= 0.6 is 0 Å². The monoisotopic (exact) mass is 390 g/mol. The molecule has 1 saturated carbocycles. The van der Waals surface area contributed by atoms with E-state index >= 15 is 0 Å². The summed E-state index contributed by atoms with van der Waals surface area (Å²) in [6.45, 7) is 10.6. The summed E-state index contributed by atoms with van der Waals surface area (Å²) in [4.78, 5) is 0. The molecule has 2 aromatic carbocycles. The average molecular weight is 391 g/mol. The molecular formula is C25H34N4. The molecule has 0 spiro atoms. The molecular weight excluding hydrogens is 356 g/mol. The van der Waals surface area contributed by atoms with Crippen LogP contribution in [0.5, 0.6) is 0 Å². The Bertz CT molecular complexity index is 1100. The van der Waals surface area contributed by atoms with Gasteiger partial charge < -0.3 is 0 Å². The summed E-state index contributed by atoms with van der Waals surface area (Å²) in [6, 6.07) is 13.1. The fraction of sp³-hybridized carbons (Fsp3) is 0.440. The normalized spacial score (nSPS) is 13.2. The van der Waals surface area contributed by atoms with Crippen LogP contribution in [0.15, 0.2) is 42.6 Å². The number of aromatic nitrogens is 4. The summed E-state index contributed by atoms with van der Waals surface area (Å²) in [5, 5.41) is 11.4. The first-order chi connectivity index (χ1) is 13.9. The lowest BCUT2D eigenvalue weighted by Crippen LogP contribution is -1.90. The van der Waals surface area contributed by atoms with Crippen molar-refractivity contribution in [3.63, 3.8) is 0 Å². The lowest BCUT2D eigenvalue weighted by Gasteiger charge is -2.04. The maximum atomic E-state index is 4.61. The van der Waals surface area contributed by atoms with Crippen LogP contribution in [-0.4, -0.2) is 19.6 Å². The highest BCUT2D eigenvalue weighted by molar-refractivity contribution is 5.83. The fourth-order valence-corrected chi connectivity index (χ4v) is 3.61. The molecule has 2 aromatic heterocycles. The molecule has 5 rings (SSSR count). The quantitative estimate of drug-likeness (QED) is 0.392. The van der Waals surface area contributed by atoms with Crippen molar-refractivity contribution in [2.24, 2.45) is 14.1 Å². The number of aryl methyl sites for hydroxylation is 3. The zero-order valence-electron chi connectivity index (χ0n) is 18.9. The van der Waals surface area contributed by atoms with Gasteiger partial charge in [0.25, 0.3) is 0 Å². The van der Waals surface area contributed by atoms with Crippen molar-refractivity contribution in [1.82, 2.24) is 19.6 Å². The number of fused-ring (bicyclic) bond motifs is 2. The molecule has 0 saturated heterocycles. The third-order valence-corrected chi connectivity index (χ3v) is 5.44. The molecule has 4 nitrogen and oxygen atoms in total. The molecule has 1 aliphatic rings. The van der Waals surface area contributed by atoms with Crippen LogP contribution in [-0.2, 0) is 14.1 Å². The number of rotatable bonds is 2. The molecule has 1 aliphatic carbocycles. The van der Waals surface area contributed by atoms with Gasteiger partial charge in [-0.25, -0.2) is 0 Å². The summed E-state index contributed by atoms with van der Waals surface area (Å²) in [5.74, 6) is 1.32. The van der Waals surface area contributed by atoms with Gasteiger partial charge >= 0.3 is 0 Å². The van der Waals surface area contributed by atoms with E-state index in [4.69, 9.17) is 0 Å². The third-order valence-electron chi connectivity index (χ3n) is 5.44. The Balaban J connectivity index is 0.000000153. The van der Waals surface area contributed by atoms with Crippen LogP contribution in [0, 0.1) is 6.92 Å². The van der Waals surface area contributed by atoms with Gasteiger partial charge in [-0.1, -0.05) is 45.4 Å². The molecule has 4 heteroatoms. The molecule has 0 radical (unpaired) electrons. The highest BCUT2D eigenvalue weighted by Crippen LogP contribution is 2.42. The Labute approximate surface area is 174 Å². The van der Waals surface area contributed by atoms with Crippen molar-refractivity contribution in [1.29, 1.82) is 0 Å². The highest BCUT2D eigenvalue weighted by Gasteiger charge is 2.28. The van der Waals surface area contributed by atoms with Crippen LogP contribution in [0.4, 0.5) is 0 Å². The summed E-state index contributed by atoms with van der Waals surface area (Å²) in [7, 11) is 4.00. The molecule has 0 atom stereocenters. The minimum Gasteiger partial charge on any atom is -0.268 e. The number of nitrogens with zero attached hydrogens (tertiary/aromatic N) is 4. The lowest BCUT2D eigenvalue weighted by molar-refractivity contribution is 0.767.